The van der Waals surface area contributed by atoms with Crippen molar-refractivity contribution in [3.8, 4) is 0 Å². The molecule has 0 heterocycles. The van der Waals surface area contributed by atoms with E-state index in [1.165, 1.54) is 12.4 Å². The minimum Gasteiger partial charge on any atom is -0.273 e. The number of nitrogens with one attached hydrogen (secondary N) is 2. The Morgan fingerprint density at radius 2 is 1.14 bits per heavy atom. The summed E-state index contributed by atoms with van der Waals surface area (Å²) in [5.41, 5.74) is 6.32. The fourth-order valence-corrected chi connectivity index (χ4v) is 2.56. The summed E-state index contributed by atoms with van der Waals surface area (Å²) in [6.45, 7) is 0. The number of benzene rings is 2. The third kappa shape index (κ3) is 7.90. The monoisotopic (exact) mass is 418 g/mol. The number of hydrogen-bond donors (Lipinski definition) is 2. The van der Waals surface area contributed by atoms with E-state index in [0.717, 1.165) is 11.1 Å². The van der Waals surface area contributed by atoms with E-state index >= 15 is 0 Å². The Bertz CT molecular complexity index is 797. The SMILES string of the molecule is O=C(CCCCC(=O)N/N=C/c1ccccc1Cl)NN=Cc1ccccc1Cl. The van der Waals surface area contributed by atoms with Crippen LogP contribution in [0.15, 0.2) is 58.7 Å². The summed E-state index contributed by atoms with van der Waals surface area (Å²) < 4.78 is 0. The van der Waals surface area contributed by atoms with Gasteiger partial charge in [0.25, 0.3) is 0 Å². The highest BCUT2D eigenvalue weighted by Crippen LogP contribution is 2.12. The van der Waals surface area contributed by atoms with Crippen LogP contribution < -0.4 is 10.9 Å². The van der Waals surface area contributed by atoms with E-state index in [9.17, 15) is 9.59 Å². The molecule has 0 aliphatic rings. The quantitative estimate of drug-likeness (QED) is 0.364. The Hall–Kier alpha value is -2.70. The van der Waals surface area contributed by atoms with Gasteiger partial charge in [-0.15, -0.1) is 0 Å². The Kier molecular flexibility index (Phi) is 9.18. The first-order chi connectivity index (χ1) is 13.6. The van der Waals surface area contributed by atoms with E-state index in [2.05, 4.69) is 21.1 Å². The molecule has 0 fully saturated rings. The Morgan fingerprint density at radius 1 is 0.750 bits per heavy atom. The lowest BCUT2D eigenvalue weighted by Crippen LogP contribution is -2.19. The van der Waals surface area contributed by atoms with Gasteiger partial charge in [0, 0.05) is 34.0 Å². The highest BCUT2D eigenvalue weighted by molar-refractivity contribution is 6.33. The minimum atomic E-state index is -0.222. The average molecular weight is 419 g/mol. The molecule has 0 atom stereocenters. The summed E-state index contributed by atoms with van der Waals surface area (Å²) in [4.78, 5) is 23.5. The van der Waals surface area contributed by atoms with Crippen LogP contribution in [0.3, 0.4) is 0 Å². The van der Waals surface area contributed by atoms with E-state index in [0.29, 0.717) is 22.9 Å². The number of rotatable bonds is 9. The van der Waals surface area contributed by atoms with Gasteiger partial charge in [-0.05, 0) is 25.0 Å². The van der Waals surface area contributed by atoms with Crippen molar-refractivity contribution in [3.63, 3.8) is 0 Å². The summed E-state index contributed by atoms with van der Waals surface area (Å²) in [7, 11) is 0. The first kappa shape index (κ1) is 21.6. The van der Waals surface area contributed by atoms with Gasteiger partial charge in [0.05, 0.1) is 12.4 Å². The molecule has 0 radical (unpaired) electrons. The summed E-state index contributed by atoms with van der Waals surface area (Å²) in [6.07, 6.45) is 4.66. The minimum absolute atomic E-state index is 0.222. The average Bonchev–Trinajstić information content (AvgIpc) is 2.68. The van der Waals surface area contributed by atoms with Gasteiger partial charge >= 0.3 is 0 Å². The summed E-state index contributed by atoms with van der Waals surface area (Å²) in [6, 6.07) is 14.4. The van der Waals surface area contributed by atoms with Crippen molar-refractivity contribution in [1.82, 2.24) is 10.9 Å². The number of nitrogens with zero attached hydrogens (tertiary/aromatic N) is 2. The molecule has 28 heavy (non-hydrogen) atoms. The topological polar surface area (TPSA) is 82.9 Å². The van der Waals surface area contributed by atoms with E-state index < -0.39 is 0 Å². The standard InChI is InChI=1S/C20H20Cl2N4O2/c21-17-9-3-1-7-15(17)13-23-25-19(27)11-5-6-12-20(28)26-24-14-16-8-2-4-10-18(16)22/h1-4,7-10,13-14H,5-6,11-12H2,(H,25,27)(H,26,28)/b23-13+,24-14?. The van der Waals surface area contributed by atoms with Gasteiger partial charge in [-0.2, -0.15) is 10.2 Å². The van der Waals surface area contributed by atoms with E-state index in [-0.39, 0.29) is 24.7 Å². The van der Waals surface area contributed by atoms with Crippen LogP contribution in [0.25, 0.3) is 0 Å². The number of hydrogen-bond acceptors (Lipinski definition) is 4. The smallest absolute Gasteiger partial charge is 0.240 e. The molecule has 0 saturated carbocycles. The highest BCUT2D eigenvalue weighted by atomic mass is 35.5. The predicted octanol–water partition coefficient (Wildman–Crippen LogP) is 4.15. The summed E-state index contributed by atoms with van der Waals surface area (Å²) >= 11 is 12.0. The van der Waals surface area contributed by atoms with Gasteiger partial charge in [-0.25, -0.2) is 10.9 Å². The molecule has 6 nitrogen and oxygen atoms in total. The summed E-state index contributed by atoms with van der Waals surface area (Å²) in [5, 5.41) is 8.87. The maximum atomic E-state index is 11.7. The van der Waals surface area contributed by atoms with Crippen molar-refractivity contribution < 1.29 is 9.59 Å². The van der Waals surface area contributed by atoms with Crippen LogP contribution in [0.1, 0.15) is 36.8 Å². The second-order valence-electron chi connectivity index (χ2n) is 5.84. The number of carbonyl (C=O) groups is 2. The highest BCUT2D eigenvalue weighted by Gasteiger charge is 2.03. The summed E-state index contributed by atoms with van der Waals surface area (Å²) in [5.74, 6) is -0.444. The number of hydrazone groups is 2. The second-order valence-corrected chi connectivity index (χ2v) is 6.65. The lowest BCUT2D eigenvalue weighted by Gasteiger charge is -2.01. The molecule has 2 rings (SSSR count). The second kappa shape index (κ2) is 11.9. The molecular formula is C20H20Cl2N4O2. The van der Waals surface area contributed by atoms with Gasteiger partial charge < -0.3 is 0 Å². The van der Waals surface area contributed by atoms with Crippen LogP contribution in [0.2, 0.25) is 10.0 Å². The maximum Gasteiger partial charge on any atom is 0.240 e. The fraction of sp³-hybridized carbons (Fsp3) is 0.200. The largest absolute Gasteiger partial charge is 0.273 e. The van der Waals surface area contributed by atoms with Gasteiger partial charge in [-0.1, -0.05) is 59.6 Å². The molecule has 0 saturated heterocycles. The molecular weight excluding hydrogens is 399 g/mol. The molecule has 0 bridgehead atoms. The Morgan fingerprint density at radius 3 is 1.54 bits per heavy atom. The molecule has 146 valence electrons. The predicted molar refractivity (Wildman–Crippen MR) is 113 cm³/mol. The molecule has 0 aromatic heterocycles. The molecule has 0 aliphatic carbocycles. The van der Waals surface area contributed by atoms with E-state index in [4.69, 9.17) is 23.2 Å². The number of unbranched alkanes of at least 4 members (excludes halogenated alkanes) is 1. The van der Waals surface area contributed by atoms with Crippen LogP contribution >= 0.6 is 23.2 Å². The molecule has 0 unspecified atom stereocenters. The van der Waals surface area contributed by atoms with Crippen molar-refractivity contribution in [1.29, 1.82) is 0 Å². The first-order valence-corrected chi connectivity index (χ1v) is 9.44. The van der Waals surface area contributed by atoms with Crippen LogP contribution in [0.5, 0.6) is 0 Å². The van der Waals surface area contributed by atoms with Gasteiger partial charge in [0.15, 0.2) is 0 Å². The van der Waals surface area contributed by atoms with Crippen molar-refractivity contribution in [3.05, 3.63) is 69.7 Å². The van der Waals surface area contributed by atoms with E-state index in [1.54, 1.807) is 24.3 Å². The van der Waals surface area contributed by atoms with Crippen molar-refractivity contribution in [2.45, 2.75) is 25.7 Å². The lowest BCUT2D eigenvalue weighted by atomic mass is 10.2. The Balaban J connectivity index is 1.60. The zero-order chi connectivity index (χ0) is 20.2. The normalized spacial score (nSPS) is 11.1. The van der Waals surface area contributed by atoms with Crippen LogP contribution in [0, 0.1) is 0 Å². The zero-order valence-corrected chi connectivity index (χ0v) is 16.6. The molecule has 0 aliphatic heterocycles. The van der Waals surface area contributed by atoms with Gasteiger partial charge in [0.2, 0.25) is 11.8 Å². The van der Waals surface area contributed by atoms with Crippen LogP contribution in [-0.2, 0) is 9.59 Å². The number of carbonyl (C=O) groups excluding carboxylic acids is 2. The molecule has 2 N–H and O–H groups in total. The van der Waals surface area contributed by atoms with Crippen molar-refractivity contribution >= 4 is 47.4 Å². The third-order valence-electron chi connectivity index (χ3n) is 3.65. The molecule has 2 aromatic rings. The molecule has 2 aromatic carbocycles. The molecule has 8 heteroatoms. The zero-order valence-electron chi connectivity index (χ0n) is 15.1. The number of halogens is 2. The van der Waals surface area contributed by atoms with Crippen molar-refractivity contribution in [2.24, 2.45) is 10.2 Å². The number of amides is 2. The van der Waals surface area contributed by atoms with Gasteiger partial charge in [-0.3, -0.25) is 9.59 Å². The van der Waals surface area contributed by atoms with Crippen LogP contribution in [-0.4, -0.2) is 24.2 Å². The third-order valence-corrected chi connectivity index (χ3v) is 4.34. The first-order valence-electron chi connectivity index (χ1n) is 8.69. The molecule has 2 amide bonds. The van der Waals surface area contributed by atoms with E-state index in [1.807, 2.05) is 24.3 Å². The van der Waals surface area contributed by atoms with Crippen molar-refractivity contribution in [2.75, 3.05) is 0 Å². The Labute approximate surface area is 173 Å². The molecule has 0 spiro atoms. The lowest BCUT2D eigenvalue weighted by molar-refractivity contribution is -0.123. The maximum absolute atomic E-state index is 11.7. The fourth-order valence-electron chi connectivity index (χ4n) is 2.19. The van der Waals surface area contributed by atoms with Crippen LogP contribution in [0.4, 0.5) is 0 Å². The van der Waals surface area contributed by atoms with Gasteiger partial charge in [0.1, 0.15) is 0 Å².